The molecule has 0 saturated heterocycles. The molecule has 0 unspecified atom stereocenters. The van der Waals surface area contributed by atoms with Crippen LogP contribution in [0.15, 0.2) is 47.2 Å². The maximum Gasteiger partial charge on any atom is 0.283 e. The third-order valence-electron chi connectivity index (χ3n) is 3.06. The molecule has 0 atom stereocenters. The van der Waals surface area contributed by atoms with Gasteiger partial charge in [-0.1, -0.05) is 41.0 Å². The lowest BCUT2D eigenvalue weighted by Crippen LogP contribution is -1.97. The maximum absolute atomic E-state index is 12.6. The van der Waals surface area contributed by atoms with Crippen LogP contribution in [0.25, 0.3) is 11.3 Å². The van der Waals surface area contributed by atoms with Crippen molar-refractivity contribution in [3.8, 4) is 11.3 Å². The van der Waals surface area contributed by atoms with Crippen LogP contribution in [0.1, 0.15) is 23.5 Å². The molecule has 0 spiro atoms. The highest BCUT2D eigenvalue weighted by Gasteiger charge is 2.17. The smallest absolute Gasteiger partial charge is 0.283 e. The lowest BCUT2D eigenvalue weighted by Gasteiger charge is -2.05. The van der Waals surface area contributed by atoms with Crippen LogP contribution in [-0.4, -0.2) is 15.1 Å². The Morgan fingerprint density at radius 2 is 1.86 bits per heavy atom. The van der Waals surface area contributed by atoms with Crippen LogP contribution in [0.5, 0.6) is 0 Å². The van der Waals surface area contributed by atoms with Crippen molar-refractivity contribution >= 4 is 11.6 Å². The highest BCUT2D eigenvalue weighted by molar-refractivity contribution is 6.30. The first-order chi connectivity index (χ1) is 10.6. The molecule has 0 bridgehead atoms. The first-order valence-corrected chi connectivity index (χ1v) is 6.81. The van der Waals surface area contributed by atoms with Crippen LogP contribution < -0.4 is 0 Å². The Morgan fingerprint density at radius 1 is 1.14 bits per heavy atom. The van der Waals surface area contributed by atoms with E-state index in [9.17, 15) is 8.78 Å². The number of alkyl halides is 2. The van der Waals surface area contributed by atoms with Crippen molar-refractivity contribution < 1.29 is 13.3 Å². The van der Waals surface area contributed by atoms with Gasteiger partial charge < -0.3 is 4.52 Å². The second-order valence-corrected chi connectivity index (χ2v) is 5.00. The third-order valence-corrected chi connectivity index (χ3v) is 3.25. The average molecular weight is 322 g/mol. The summed E-state index contributed by atoms with van der Waals surface area (Å²) in [4.78, 5) is 8.26. The molecule has 0 aliphatic carbocycles. The van der Waals surface area contributed by atoms with Crippen molar-refractivity contribution in [2.75, 3.05) is 0 Å². The molecule has 0 amide bonds. The summed E-state index contributed by atoms with van der Waals surface area (Å²) in [6.45, 7) is 0. The summed E-state index contributed by atoms with van der Waals surface area (Å²) in [5, 5.41) is 3.83. The first kappa shape index (κ1) is 14.6. The van der Waals surface area contributed by atoms with Crippen LogP contribution in [0, 0.1) is 0 Å². The average Bonchev–Trinajstić information content (AvgIpc) is 3.00. The Bertz CT molecular complexity index is 774. The number of aromatic nitrogens is 3. The van der Waals surface area contributed by atoms with Crippen molar-refractivity contribution in [3.05, 3.63) is 64.8 Å². The fourth-order valence-electron chi connectivity index (χ4n) is 2.03. The standard InChI is InChI=1S/C15H10ClF2N3O/c16-10-7-19-14(20-8-10)5-9-3-1-2-4-11(9)13-6-12(15(17)18)21-22-13/h1-4,6-8,15H,5H2. The molecule has 0 aliphatic rings. The fourth-order valence-corrected chi connectivity index (χ4v) is 2.13. The molecule has 0 N–H and O–H groups in total. The predicted molar refractivity (Wildman–Crippen MR) is 76.7 cm³/mol. The van der Waals surface area contributed by atoms with E-state index in [1.165, 1.54) is 18.5 Å². The third kappa shape index (κ3) is 3.12. The zero-order chi connectivity index (χ0) is 15.5. The topological polar surface area (TPSA) is 51.8 Å². The van der Waals surface area contributed by atoms with Gasteiger partial charge in [-0.25, -0.2) is 18.7 Å². The molecule has 7 heteroatoms. The Hall–Kier alpha value is -2.34. The predicted octanol–water partition coefficient (Wildman–Crippen LogP) is 4.31. The van der Waals surface area contributed by atoms with Gasteiger partial charge in [0.1, 0.15) is 11.5 Å². The van der Waals surface area contributed by atoms with Crippen molar-refractivity contribution in [3.63, 3.8) is 0 Å². The summed E-state index contributed by atoms with van der Waals surface area (Å²) in [5.41, 5.74) is 1.15. The van der Waals surface area contributed by atoms with Crippen molar-refractivity contribution in [1.82, 2.24) is 15.1 Å². The van der Waals surface area contributed by atoms with Gasteiger partial charge in [0, 0.05) is 30.4 Å². The van der Waals surface area contributed by atoms with Crippen LogP contribution in [0.2, 0.25) is 5.02 Å². The quantitative estimate of drug-likeness (QED) is 0.718. The van der Waals surface area contributed by atoms with E-state index >= 15 is 0 Å². The molecule has 0 aliphatic heterocycles. The van der Waals surface area contributed by atoms with Crippen molar-refractivity contribution in [2.24, 2.45) is 0 Å². The summed E-state index contributed by atoms with van der Waals surface area (Å²) in [7, 11) is 0. The maximum atomic E-state index is 12.6. The summed E-state index contributed by atoms with van der Waals surface area (Å²) < 4.78 is 30.3. The lowest BCUT2D eigenvalue weighted by molar-refractivity contribution is 0.140. The largest absolute Gasteiger partial charge is 0.356 e. The van der Waals surface area contributed by atoms with Gasteiger partial charge in [-0.05, 0) is 5.56 Å². The highest BCUT2D eigenvalue weighted by atomic mass is 35.5. The Kier molecular flexibility index (Phi) is 4.11. The molecule has 1 aromatic carbocycles. The van der Waals surface area contributed by atoms with E-state index in [0.29, 0.717) is 28.6 Å². The molecule has 0 fully saturated rings. The minimum absolute atomic E-state index is 0.292. The normalized spacial score (nSPS) is 11.1. The van der Waals surface area contributed by atoms with Gasteiger partial charge in [0.15, 0.2) is 5.76 Å². The fraction of sp³-hybridized carbons (Fsp3) is 0.133. The number of hydrogen-bond donors (Lipinski definition) is 0. The number of rotatable bonds is 4. The van der Waals surface area contributed by atoms with Gasteiger partial charge in [-0.3, -0.25) is 0 Å². The second kappa shape index (κ2) is 6.19. The Balaban J connectivity index is 1.93. The minimum atomic E-state index is -2.66. The lowest BCUT2D eigenvalue weighted by atomic mass is 10.0. The Morgan fingerprint density at radius 3 is 2.55 bits per heavy atom. The van der Waals surface area contributed by atoms with E-state index in [0.717, 1.165) is 5.56 Å². The van der Waals surface area contributed by atoms with E-state index in [1.54, 1.807) is 12.1 Å². The zero-order valence-electron chi connectivity index (χ0n) is 11.2. The van der Waals surface area contributed by atoms with Crippen LogP contribution >= 0.6 is 11.6 Å². The molecule has 2 aromatic heterocycles. The van der Waals surface area contributed by atoms with Gasteiger partial charge in [0.2, 0.25) is 0 Å². The monoisotopic (exact) mass is 321 g/mol. The first-order valence-electron chi connectivity index (χ1n) is 6.43. The minimum Gasteiger partial charge on any atom is -0.356 e. The molecule has 4 nitrogen and oxygen atoms in total. The van der Waals surface area contributed by atoms with Crippen LogP contribution in [0.4, 0.5) is 8.78 Å². The molecule has 3 aromatic rings. The zero-order valence-corrected chi connectivity index (χ0v) is 12.0. The summed E-state index contributed by atoms with van der Waals surface area (Å²) in [6, 6.07) is 8.52. The summed E-state index contributed by atoms with van der Waals surface area (Å²) in [5.74, 6) is 0.866. The van der Waals surface area contributed by atoms with E-state index in [1.807, 2.05) is 12.1 Å². The van der Waals surface area contributed by atoms with E-state index in [4.69, 9.17) is 16.1 Å². The second-order valence-electron chi connectivity index (χ2n) is 4.57. The summed E-state index contributed by atoms with van der Waals surface area (Å²) in [6.07, 6.45) is 0.785. The molecule has 112 valence electrons. The van der Waals surface area contributed by atoms with E-state index in [2.05, 4.69) is 15.1 Å². The van der Waals surface area contributed by atoms with Gasteiger partial charge in [-0.15, -0.1) is 0 Å². The SMILES string of the molecule is FC(F)c1cc(-c2ccccc2Cc2ncc(Cl)cn2)on1. The number of halogens is 3. The number of hydrogen-bond acceptors (Lipinski definition) is 4. The molecule has 22 heavy (non-hydrogen) atoms. The van der Waals surface area contributed by atoms with Crippen molar-refractivity contribution in [1.29, 1.82) is 0 Å². The molecular weight excluding hydrogens is 312 g/mol. The molecule has 2 heterocycles. The number of benzene rings is 1. The molecule has 0 saturated carbocycles. The van der Waals surface area contributed by atoms with Gasteiger partial charge in [-0.2, -0.15) is 0 Å². The van der Waals surface area contributed by atoms with Crippen LogP contribution in [0.3, 0.4) is 0 Å². The van der Waals surface area contributed by atoms with Gasteiger partial charge in [0.05, 0.1) is 5.02 Å². The van der Waals surface area contributed by atoms with E-state index in [-0.39, 0.29) is 5.69 Å². The molecule has 3 rings (SSSR count). The van der Waals surface area contributed by atoms with Gasteiger partial charge in [0.25, 0.3) is 6.43 Å². The van der Waals surface area contributed by atoms with Crippen molar-refractivity contribution in [2.45, 2.75) is 12.8 Å². The van der Waals surface area contributed by atoms with Crippen LogP contribution in [-0.2, 0) is 6.42 Å². The van der Waals surface area contributed by atoms with E-state index < -0.39 is 6.43 Å². The highest BCUT2D eigenvalue weighted by Crippen LogP contribution is 2.28. The molecular formula is C15H10ClF2N3O. The number of nitrogens with zero attached hydrogens (tertiary/aromatic N) is 3. The Labute approximate surface area is 129 Å². The summed E-state index contributed by atoms with van der Waals surface area (Å²) >= 11 is 5.75. The molecule has 0 radical (unpaired) electrons. The van der Waals surface area contributed by atoms with Gasteiger partial charge >= 0.3 is 0 Å².